The molecule has 4 aromatic rings. The molecule has 0 spiro atoms. The van der Waals surface area contributed by atoms with E-state index in [0.29, 0.717) is 0 Å². The Bertz CT molecular complexity index is 1280. The summed E-state index contributed by atoms with van der Waals surface area (Å²) in [6.45, 7) is 12.8. The zero-order valence-electron chi connectivity index (χ0n) is 21.9. The number of ether oxygens (including phenoxy) is 1. The molecule has 0 saturated heterocycles. The van der Waals surface area contributed by atoms with E-state index in [2.05, 4.69) is 92.6 Å². The van der Waals surface area contributed by atoms with Crippen molar-refractivity contribution in [3.8, 4) is 17.1 Å². The van der Waals surface area contributed by atoms with Gasteiger partial charge in [-0.25, -0.2) is 5.01 Å². The molecule has 4 rings (SSSR count). The minimum atomic E-state index is 0.732. The third kappa shape index (κ3) is 4.83. The van der Waals surface area contributed by atoms with Crippen molar-refractivity contribution in [3.05, 3.63) is 94.3 Å². The maximum absolute atomic E-state index is 5.28. The van der Waals surface area contributed by atoms with Crippen LogP contribution in [0.5, 0.6) is 5.75 Å². The molecule has 0 amide bonds. The Kier molecular flexibility index (Phi) is 6.74. The summed E-state index contributed by atoms with van der Waals surface area (Å²) in [7, 11) is 3.56. The van der Waals surface area contributed by atoms with Gasteiger partial charge in [-0.05, 0) is 88.1 Å². The molecule has 6 heteroatoms. The number of hydrogen-bond donors (Lipinski definition) is 0. The Hall–Kier alpha value is -3.93. The van der Waals surface area contributed by atoms with E-state index in [-0.39, 0.29) is 0 Å². The van der Waals surface area contributed by atoms with Crippen molar-refractivity contribution in [2.45, 2.75) is 41.5 Å². The van der Waals surface area contributed by atoms with Crippen molar-refractivity contribution in [3.63, 3.8) is 0 Å². The second-order valence-corrected chi connectivity index (χ2v) is 9.24. The zero-order valence-corrected chi connectivity index (χ0v) is 21.9. The summed E-state index contributed by atoms with van der Waals surface area (Å²) in [4.78, 5) is 0. The molecule has 35 heavy (non-hydrogen) atoms. The van der Waals surface area contributed by atoms with Crippen molar-refractivity contribution in [1.29, 1.82) is 0 Å². The number of aryl methyl sites for hydroxylation is 6. The summed E-state index contributed by atoms with van der Waals surface area (Å²) in [6, 6.07) is 16.6. The van der Waals surface area contributed by atoms with Crippen molar-refractivity contribution in [2.75, 3.05) is 19.2 Å². The first-order chi connectivity index (χ1) is 16.7. The molecule has 3 aromatic carbocycles. The standard InChI is InChI=1S/C29H34N5O/c1-19-15-21(3)27(22(4)16-19)33-13-14-34(28-23(5)17-20(2)18-24(28)6)29(33)30-31-32(7)25-9-11-26(35-8)12-10-25/h9-18H,1-8H3/q+1. The van der Waals surface area contributed by atoms with Crippen LogP contribution in [0.25, 0.3) is 11.4 Å². The highest BCUT2D eigenvalue weighted by atomic mass is 16.5. The molecule has 0 N–H and O–H groups in total. The van der Waals surface area contributed by atoms with Gasteiger partial charge >= 0.3 is 5.95 Å². The SMILES string of the molecule is COc1ccc(N(C)/N=N/c2n(-c3c(C)cc(C)cc3C)cc[n+]2-c2c(C)cc(C)cc2C)cc1. The third-order valence-corrected chi connectivity index (χ3v) is 6.26. The molecule has 0 fully saturated rings. The predicted molar refractivity (Wildman–Crippen MR) is 142 cm³/mol. The molecule has 0 aliphatic heterocycles. The lowest BCUT2D eigenvalue weighted by molar-refractivity contribution is -0.581. The first kappa shape index (κ1) is 24.2. The normalized spacial score (nSPS) is 11.3. The van der Waals surface area contributed by atoms with Crippen LogP contribution in [0.4, 0.5) is 11.6 Å². The molecule has 6 nitrogen and oxygen atoms in total. The van der Waals surface area contributed by atoms with Gasteiger partial charge in [0.25, 0.3) is 0 Å². The first-order valence-corrected chi connectivity index (χ1v) is 11.8. The monoisotopic (exact) mass is 468 g/mol. The number of nitrogens with zero attached hydrogens (tertiary/aromatic N) is 5. The van der Waals surface area contributed by atoms with Gasteiger partial charge in [0.2, 0.25) is 0 Å². The number of methoxy groups -OCH3 is 1. The fourth-order valence-electron chi connectivity index (χ4n) is 4.89. The van der Waals surface area contributed by atoms with Gasteiger partial charge in [0.15, 0.2) is 0 Å². The summed E-state index contributed by atoms with van der Waals surface area (Å²) in [6.07, 6.45) is 4.15. The van der Waals surface area contributed by atoms with Crippen LogP contribution in [0.15, 0.2) is 71.3 Å². The quantitative estimate of drug-likeness (QED) is 0.179. The largest absolute Gasteiger partial charge is 0.497 e. The van der Waals surface area contributed by atoms with Gasteiger partial charge < -0.3 is 4.74 Å². The number of rotatable bonds is 6. The first-order valence-electron chi connectivity index (χ1n) is 11.8. The molecule has 0 aliphatic rings. The Morgan fingerprint density at radius 3 is 1.89 bits per heavy atom. The second kappa shape index (κ2) is 9.74. The lowest BCUT2D eigenvalue weighted by atomic mass is 10.0. The fraction of sp³-hybridized carbons (Fsp3) is 0.276. The van der Waals surface area contributed by atoms with Gasteiger partial charge in [-0.2, -0.15) is 9.13 Å². The van der Waals surface area contributed by atoms with E-state index in [1.165, 1.54) is 33.4 Å². The van der Waals surface area contributed by atoms with Gasteiger partial charge in [0.1, 0.15) is 29.5 Å². The van der Waals surface area contributed by atoms with Crippen LogP contribution >= 0.6 is 0 Å². The predicted octanol–water partition coefficient (Wildman–Crippen LogP) is 6.75. The zero-order chi connectivity index (χ0) is 25.3. The molecule has 0 atom stereocenters. The maximum Gasteiger partial charge on any atom is 0.433 e. The minimum Gasteiger partial charge on any atom is -0.497 e. The lowest BCUT2D eigenvalue weighted by Crippen LogP contribution is -2.31. The van der Waals surface area contributed by atoms with Gasteiger partial charge in [0.05, 0.1) is 17.9 Å². The third-order valence-electron chi connectivity index (χ3n) is 6.26. The highest BCUT2D eigenvalue weighted by Gasteiger charge is 2.25. The van der Waals surface area contributed by atoms with Crippen molar-refractivity contribution in [2.24, 2.45) is 10.3 Å². The van der Waals surface area contributed by atoms with Crippen LogP contribution in [0.3, 0.4) is 0 Å². The van der Waals surface area contributed by atoms with Crippen LogP contribution in [0, 0.1) is 41.5 Å². The van der Waals surface area contributed by atoms with E-state index in [0.717, 1.165) is 28.8 Å². The summed E-state index contributed by atoms with van der Waals surface area (Å²) in [5.74, 6) is 1.54. The molecule has 180 valence electrons. The highest BCUT2D eigenvalue weighted by molar-refractivity contribution is 5.53. The second-order valence-electron chi connectivity index (χ2n) is 9.24. The van der Waals surface area contributed by atoms with E-state index in [1.54, 1.807) is 12.1 Å². The van der Waals surface area contributed by atoms with E-state index >= 15 is 0 Å². The molecule has 0 saturated carbocycles. The number of hydrogen-bond acceptors (Lipinski definition) is 3. The number of benzene rings is 3. The molecule has 0 radical (unpaired) electrons. The van der Waals surface area contributed by atoms with Crippen LogP contribution < -0.4 is 14.3 Å². The van der Waals surface area contributed by atoms with Crippen LogP contribution in [0.2, 0.25) is 0 Å². The molecule has 0 aliphatic carbocycles. The Balaban J connectivity index is 1.88. The molecule has 0 unspecified atom stereocenters. The van der Waals surface area contributed by atoms with E-state index < -0.39 is 0 Å². The van der Waals surface area contributed by atoms with Gasteiger partial charge in [-0.1, -0.05) is 35.4 Å². The van der Waals surface area contributed by atoms with Gasteiger partial charge in [-0.3, -0.25) is 0 Å². The summed E-state index contributed by atoms with van der Waals surface area (Å²) in [5, 5.41) is 11.2. The maximum atomic E-state index is 5.28. The van der Waals surface area contributed by atoms with Crippen LogP contribution in [0.1, 0.15) is 33.4 Å². The van der Waals surface area contributed by atoms with Crippen molar-refractivity contribution in [1.82, 2.24) is 4.57 Å². The Labute approximate surface area is 208 Å². The molecular formula is C29H34N5O+. The van der Waals surface area contributed by atoms with E-state index in [1.807, 2.05) is 31.3 Å². The highest BCUT2D eigenvalue weighted by Crippen LogP contribution is 2.28. The Morgan fingerprint density at radius 1 is 0.800 bits per heavy atom. The fourth-order valence-corrected chi connectivity index (χ4v) is 4.89. The van der Waals surface area contributed by atoms with E-state index in [4.69, 9.17) is 9.85 Å². The lowest BCUT2D eigenvalue weighted by Gasteiger charge is -2.12. The summed E-state index contributed by atoms with van der Waals surface area (Å²) < 4.78 is 9.55. The molecule has 1 heterocycles. The number of aromatic nitrogens is 2. The number of imidazole rings is 1. The molecule has 0 bridgehead atoms. The summed E-state index contributed by atoms with van der Waals surface area (Å²) in [5.41, 5.74) is 10.4. The van der Waals surface area contributed by atoms with Gasteiger partial charge in [-0.15, -0.1) is 0 Å². The average Bonchev–Trinajstić information content (AvgIpc) is 3.19. The smallest absolute Gasteiger partial charge is 0.433 e. The van der Waals surface area contributed by atoms with Gasteiger partial charge in [0, 0.05) is 12.3 Å². The Morgan fingerprint density at radius 2 is 1.34 bits per heavy atom. The topological polar surface area (TPSA) is 46.0 Å². The van der Waals surface area contributed by atoms with Crippen LogP contribution in [-0.2, 0) is 0 Å². The summed E-state index contributed by atoms with van der Waals surface area (Å²) >= 11 is 0. The van der Waals surface area contributed by atoms with Crippen molar-refractivity contribution >= 4 is 11.6 Å². The number of anilines is 1. The minimum absolute atomic E-state index is 0.732. The van der Waals surface area contributed by atoms with Crippen LogP contribution in [-0.4, -0.2) is 18.7 Å². The average molecular weight is 469 g/mol. The molecular weight excluding hydrogens is 434 g/mol. The van der Waals surface area contributed by atoms with E-state index in [9.17, 15) is 0 Å². The molecule has 1 aromatic heterocycles. The van der Waals surface area contributed by atoms with Crippen molar-refractivity contribution < 1.29 is 9.30 Å².